The summed E-state index contributed by atoms with van der Waals surface area (Å²) in [5.41, 5.74) is 1.70. The maximum atomic E-state index is 14.0. The van der Waals surface area contributed by atoms with Crippen LogP contribution in [0.2, 0.25) is 0 Å². The van der Waals surface area contributed by atoms with Crippen molar-refractivity contribution in [1.82, 2.24) is 15.5 Å². The van der Waals surface area contributed by atoms with Gasteiger partial charge in [0.25, 0.3) is 0 Å². The highest BCUT2D eigenvalue weighted by molar-refractivity contribution is 5.92. The van der Waals surface area contributed by atoms with Crippen molar-refractivity contribution in [1.29, 1.82) is 0 Å². The lowest BCUT2D eigenvalue weighted by Gasteiger charge is -2.34. The number of hydrogen-bond acceptors (Lipinski definition) is 6. The fraction of sp³-hybridized carbons (Fsp3) is 0.467. The molecule has 0 fully saturated rings. The number of carbonyl (C=O) groups is 4. The molecule has 0 saturated carbocycles. The van der Waals surface area contributed by atoms with Gasteiger partial charge in [-0.2, -0.15) is 0 Å². The molecule has 2 rings (SSSR count). The van der Waals surface area contributed by atoms with Gasteiger partial charge in [0.05, 0.1) is 13.0 Å². The number of likely N-dealkylation sites (N-methyl/N-ethyl adjacent to an activating group) is 1. The molecule has 0 aliphatic carbocycles. The zero-order chi connectivity index (χ0) is 29.0. The van der Waals surface area contributed by atoms with Crippen molar-refractivity contribution in [2.75, 3.05) is 19.7 Å². The van der Waals surface area contributed by atoms with Crippen molar-refractivity contribution >= 4 is 23.9 Å². The molecule has 39 heavy (non-hydrogen) atoms. The lowest BCUT2D eigenvalue weighted by molar-refractivity contribution is -0.144. The Bertz CT molecular complexity index is 1100. The summed E-state index contributed by atoms with van der Waals surface area (Å²) in [5, 5.41) is 5.49. The van der Waals surface area contributed by atoms with E-state index in [0.717, 1.165) is 11.1 Å². The van der Waals surface area contributed by atoms with Gasteiger partial charge in [0, 0.05) is 19.5 Å². The van der Waals surface area contributed by atoms with Gasteiger partial charge in [0.2, 0.25) is 11.8 Å². The maximum absolute atomic E-state index is 14.0. The van der Waals surface area contributed by atoms with Gasteiger partial charge in [0.1, 0.15) is 17.7 Å². The SMILES string of the molecule is CCOC(=O)CCNC(=O)C(c1ccc(C)cc1)N(CC)C(=O)C(Cc1ccccc1)NC(=O)OC(C)(C)C. The van der Waals surface area contributed by atoms with E-state index < -0.39 is 41.6 Å². The molecule has 2 atom stereocenters. The van der Waals surface area contributed by atoms with Gasteiger partial charge in [-0.05, 0) is 52.7 Å². The first-order valence-electron chi connectivity index (χ1n) is 13.3. The lowest BCUT2D eigenvalue weighted by atomic mass is 9.99. The molecule has 9 heteroatoms. The fourth-order valence-electron chi connectivity index (χ4n) is 4.00. The fourth-order valence-corrected chi connectivity index (χ4v) is 4.00. The maximum Gasteiger partial charge on any atom is 0.408 e. The third-order valence-electron chi connectivity index (χ3n) is 5.78. The second kappa shape index (κ2) is 14.9. The molecule has 0 saturated heterocycles. The normalized spacial score (nSPS) is 12.6. The molecule has 0 heterocycles. The molecule has 0 spiro atoms. The first-order valence-corrected chi connectivity index (χ1v) is 13.3. The van der Waals surface area contributed by atoms with Gasteiger partial charge < -0.3 is 25.0 Å². The van der Waals surface area contributed by atoms with Crippen molar-refractivity contribution in [2.45, 2.75) is 72.1 Å². The van der Waals surface area contributed by atoms with Crippen LogP contribution in [-0.4, -0.2) is 60.1 Å². The first-order chi connectivity index (χ1) is 18.4. The Hall–Kier alpha value is -3.88. The topological polar surface area (TPSA) is 114 Å². The van der Waals surface area contributed by atoms with E-state index in [4.69, 9.17) is 9.47 Å². The third kappa shape index (κ3) is 10.4. The van der Waals surface area contributed by atoms with E-state index in [1.807, 2.05) is 49.4 Å². The quantitative estimate of drug-likeness (QED) is 0.393. The monoisotopic (exact) mass is 539 g/mol. The Balaban J connectivity index is 2.38. The number of hydrogen-bond donors (Lipinski definition) is 2. The summed E-state index contributed by atoms with van der Waals surface area (Å²) < 4.78 is 10.4. The van der Waals surface area contributed by atoms with Crippen LogP contribution in [-0.2, 0) is 30.3 Å². The molecule has 2 unspecified atom stereocenters. The van der Waals surface area contributed by atoms with Crippen LogP contribution >= 0.6 is 0 Å². The van der Waals surface area contributed by atoms with E-state index in [0.29, 0.717) is 5.56 Å². The minimum atomic E-state index is -0.984. The molecule has 212 valence electrons. The van der Waals surface area contributed by atoms with Crippen LogP contribution in [0.3, 0.4) is 0 Å². The summed E-state index contributed by atoms with van der Waals surface area (Å²) in [7, 11) is 0. The first kappa shape index (κ1) is 31.3. The highest BCUT2D eigenvalue weighted by atomic mass is 16.6. The minimum absolute atomic E-state index is 0.0110. The van der Waals surface area contributed by atoms with Crippen molar-refractivity contribution < 1.29 is 28.7 Å². The van der Waals surface area contributed by atoms with Crippen LogP contribution in [0.5, 0.6) is 0 Å². The van der Waals surface area contributed by atoms with E-state index in [9.17, 15) is 19.2 Å². The molecule has 0 radical (unpaired) electrons. The van der Waals surface area contributed by atoms with E-state index in [1.54, 1.807) is 46.8 Å². The van der Waals surface area contributed by atoms with Crippen LogP contribution in [0, 0.1) is 6.92 Å². The summed E-state index contributed by atoms with van der Waals surface area (Å²) in [6.45, 7) is 11.2. The van der Waals surface area contributed by atoms with Crippen molar-refractivity contribution in [3.63, 3.8) is 0 Å². The summed E-state index contributed by atoms with van der Waals surface area (Å²) in [5.74, 6) is -1.29. The number of nitrogens with zero attached hydrogens (tertiary/aromatic N) is 1. The van der Waals surface area contributed by atoms with Crippen molar-refractivity contribution in [2.24, 2.45) is 0 Å². The van der Waals surface area contributed by atoms with Gasteiger partial charge >= 0.3 is 12.1 Å². The number of benzene rings is 2. The predicted octanol–water partition coefficient (Wildman–Crippen LogP) is 4.09. The molecule has 0 aliphatic heterocycles. The molecule has 0 aliphatic rings. The number of amides is 3. The average Bonchev–Trinajstić information content (AvgIpc) is 2.87. The zero-order valence-corrected chi connectivity index (χ0v) is 23.8. The molecule has 2 aromatic carbocycles. The number of carbonyl (C=O) groups excluding carboxylic acids is 4. The Morgan fingerprint density at radius 1 is 0.949 bits per heavy atom. The number of nitrogens with one attached hydrogen (secondary N) is 2. The van der Waals surface area contributed by atoms with Crippen LogP contribution in [0.25, 0.3) is 0 Å². The van der Waals surface area contributed by atoms with E-state index in [2.05, 4.69) is 10.6 Å². The molecule has 0 bridgehead atoms. The van der Waals surface area contributed by atoms with Crippen LogP contribution in [0.1, 0.15) is 63.8 Å². The Morgan fingerprint density at radius 3 is 2.15 bits per heavy atom. The summed E-state index contributed by atoms with van der Waals surface area (Å²) in [6, 6.07) is 14.7. The number of ether oxygens (including phenoxy) is 2. The van der Waals surface area contributed by atoms with Gasteiger partial charge in [-0.25, -0.2) is 4.79 Å². The molecular formula is C30H41N3O6. The predicted molar refractivity (Wildman–Crippen MR) is 149 cm³/mol. The number of aryl methyl sites for hydroxylation is 1. The Labute approximate surface area is 231 Å². The van der Waals surface area contributed by atoms with E-state index in [-0.39, 0.29) is 32.5 Å². The van der Waals surface area contributed by atoms with E-state index in [1.165, 1.54) is 4.90 Å². The van der Waals surface area contributed by atoms with E-state index >= 15 is 0 Å². The van der Waals surface area contributed by atoms with Crippen molar-refractivity contribution in [3.8, 4) is 0 Å². The van der Waals surface area contributed by atoms with Gasteiger partial charge in [-0.3, -0.25) is 14.4 Å². The molecule has 0 aromatic heterocycles. The van der Waals surface area contributed by atoms with Crippen LogP contribution < -0.4 is 10.6 Å². The zero-order valence-electron chi connectivity index (χ0n) is 23.8. The van der Waals surface area contributed by atoms with Gasteiger partial charge in [-0.15, -0.1) is 0 Å². The highest BCUT2D eigenvalue weighted by Crippen LogP contribution is 2.24. The summed E-state index contributed by atoms with van der Waals surface area (Å²) in [4.78, 5) is 53.5. The van der Waals surface area contributed by atoms with Crippen LogP contribution in [0.15, 0.2) is 54.6 Å². The summed E-state index contributed by atoms with van der Waals surface area (Å²) >= 11 is 0. The van der Waals surface area contributed by atoms with Crippen molar-refractivity contribution in [3.05, 3.63) is 71.3 Å². The standard InChI is InChI=1S/C30H41N3O6/c1-7-33(26(23-16-14-21(3)15-17-23)27(35)31-19-18-25(34)38-8-2)28(36)24(20-22-12-10-9-11-13-22)32-29(37)39-30(4,5)6/h9-17,24,26H,7-8,18-20H2,1-6H3,(H,31,35)(H,32,37). The molecule has 2 aromatic rings. The highest BCUT2D eigenvalue weighted by Gasteiger charge is 2.35. The smallest absolute Gasteiger partial charge is 0.408 e. The van der Waals surface area contributed by atoms with Gasteiger partial charge in [0.15, 0.2) is 0 Å². The molecule has 9 nitrogen and oxygen atoms in total. The molecule has 2 N–H and O–H groups in total. The number of rotatable bonds is 12. The second-order valence-electron chi connectivity index (χ2n) is 10.2. The Kier molecular flexibility index (Phi) is 12.0. The number of alkyl carbamates (subject to hydrolysis) is 1. The van der Waals surface area contributed by atoms with Crippen LogP contribution in [0.4, 0.5) is 4.79 Å². The Morgan fingerprint density at radius 2 is 1.59 bits per heavy atom. The molecule has 3 amide bonds. The summed E-state index contributed by atoms with van der Waals surface area (Å²) in [6.07, 6.45) is -0.504. The lowest BCUT2D eigenvalue weighted by Crippen LogP contribution is -2.53. The molecular weight excluding hydrogens is 498 g/mol. The van der Waals surface area contributed by atoms with Gasteiger partial charge in [-0.1, -0.05) is 60.2 Å². The third-order valence-corrected chi connectivity index (χ3v) is 5.78. The average molecular weight is 540 g/mol. The number of esters is 1. The second-order valence-corrected chi connectivity index (χ2v) is 10.2. The largest absolute Gasteiger partial charge is 0.466 e. The minimum Gasteiger partial charge on any atom is -0.466 e.